The van der Waals surface area contributed by atoms with E-state index in [9.17, 15) is 0 Å². The molecule has 1 heterocycles. The highest BCUT2D eigenvalue weighted by Gasteiger charge is 2.43. The van der Waals surface area contributed by atoms with Gasteiger partial charge in [-0.3, -0.25) is 0 Å². The van der Waals surface area contributed by atoms with Gasteiger partial charge in [0.05, 0.1) is 0 Å². The second kappa shape index (κ2) is 6.38. The first-order valence-electron chi connectivity index (χ1n) is 8.15. The van der Waals surface area contributed by atoms with Gasteiger partial charge in [0.25, 0.3) is 0 Å². The first-order valence-corrected chi connectivity index (χ1v) is 8.15. The first-order chi connectivity index (χ1) is 8.69. The zero-order valence-electron chi connectivity index (χ0n) is 12.7. The molecule has 2 unspecified atom stereocenters. The minimum absolute atomic E-state index is 0.734. The van der Waals surface area contributed by atoms with E-state index >= 15 is 0 Å². The number of nitrogens with one attached hydrogen (secondary N) is 1. The lowest BCUT2D eigenvalue weighted by Gasteiger charge is -2.39. The van der Waals surface area contributed by atoms with E-state index in [4.69, 9.17) is 0 Å². The molecule has 18 heavy (non-hydrogen) atoms. The SMILES string of the molecule is CCCNC1CCN(CC2(CCC)CC2)CC1C. The van der Waals surface area contributed by atoms with E-state index in [2.05, 4.69) is 31.0 Å². The fourth-order valence-corrected chi connectivity index (χ4v) is 3.68. The van der Waals surface area contributed by atoms with Crippen LogP contribution in [0.4, 0.5) is 0 Å². The second-order valence-electron chi connectivity index (χ2n) is 6.81. The summed E-state index contributed by atoms with van der Waals surface area (Å²) in [6, 6.07) is 0.766. The van der Waals surface area contributed by atoms with Crippen molar-refractivity contribution in [2.24, 2.45) is 11.3 Å². The zero-order chi connectivity index (χ0) is 13.0. The number of rotatable bonds is 7. The summed E-state index contributed by atoms with van der Waals surface area (Å²) in [7, 11) is 0. The minimum Gasteiger partial charge on any atom is -0.314 e. The van der Waals surface area contributed by atoms with Gasteiger partial charge in [0.1, 0.15) is 0 Å². The van der Waals surface area contributed by atoms with Gasteiger partial charge in [-0.15, -0.1) is 0 Å². The van der Waals surface area contributed by atoms with Gasteiger partial charge in [0, 0.05) is 19.1 Å². The zero-order valence-corrected chi connectivity index (χ0v) is 12.7. The molecule has 2 nitrogen and oxygen atoms in total. The highest BCUT2D eigenvalue weighted by atomic mass is 15.2. The van der Waals surface area contributed by atoms with Crippen LogP contribution in [0.15, 0.2) is 0 Å². The normalized spacial score (nSPS) is 31.5. The van der Waals surface area contributed by atoms with Gasteiger partial charge in [-0.1, -0.05) is 27.2 Å². The van der Waals surface area contributed by atoms with Gasteiger partial charge in [-0.05, 0) is 56.5 Å². The largest absolute Gasteiger partial charge is 0.314 e. The van der Waals surface area contributed by atoms with Crippen LogP contribution >= 0.6 is 0 Å². The van der Waals surface area contributed by atoms with Gasteiger partial charge in [0.2, 0.25) is 0 Å². The molecule has 0 aromatic rings. The van der Waals surface area contributed by atoms with Crippen molar-refractivity contribution in [3.63, 3.8) is 0 Å². The molecule has 2 aliphatic rings. The maximum Gasteiger partial charge on any atom is 0.0117 e. The predicted octanol–water partition coefficient (Wildman–Crippen LogP) is 3.28. The fourth-order valence-electron chi connectivity index (χ4n) is 3.68. The third-order valence-electron chi connectivity index (χ3n) is 4.94. The molecule has 106 valence electrons. The molecule has 0 aromatic heterocycles. The van der Waals surface area contributed by atoms with Gasteiger partial charge < -0.3 is 10.2 Å². The Bertz CT molecular complexity index is 247. The topological polar surface area (TPSA) is 15.3 Å². The van der Waals surface area contributed by atoms with Crippen LogP contribution < -0.4 is 5.32 Å². The van der Waals surface area contributed by atoms with Crippen LogP contribution in [0, 0.1) is 11.3 Å². The standard InChI is InChI=1S/C16H32N2/c1-4-7-16(8-9-16)13-18-11-6-15(14(3)12-18)17-10-5-2/h14-15,17H,4-13H2,1-3H3. The van der Waals surface area contributed by atoms with Crippen molar-refractivity contribution in [1.29, 1.82) is 0 Å². The molecular formula is C16H32N2. The average Bonchev–Trinajstić information content (AvgIpc) is 3.08. The Hall–Kier alpha value is -0.0800. The summed E-state index contributed by atoms with van der Waals surface area (Å²) in [6.45, 7) is 12.2. The molecule has 1 aliphatic carbocycles. The smallest absolute Gasteiger partial charge is 0.0117 e. The molecule has 1 saturated heterocycles. The molecule has 0 radical (unpaired) electrons. The molecule has 2 fully saturated rings. The van der Waals surface area contributed by atoms with Crippen molar-refractivity contribution >= 4 is 0 Å². The van der Waals surface area contributed by atoms with E-state index in [1.165, 1.54) is 64.7 Å². The summed E-state index contributed by atoms with van der Waals surface area (Å²) in [5.41, 5.74) is 0.734. The van der Waals surface area contributed by atoms with Gasteiger partial charge in [0.15, 0.2) is 0 Å². The number of hydrogen-bond donors (Lipinski definition) is 1. The van der Waals surface area contributed by atoms with Crippen molar-refractivity contribution in [3.05, 3.63) is 0 Å². The Morgan fingerprint density at radius 2 is 2.00 bits per heavy atom. The van der Waals surface area contributed by atoms with Crippen LogP contribution in [0.25, 0.3) is 0 Å². The highest BCUT2D eigenvalue weighted by Crippen LogP contribution is 2.50. The first kappa shape index (κ1) is 14.3. The molecule has 0 aromatic carbocycles. The van der Waals surface area contributed by atoms with E-state index in [-0.39, 0.29) is 0 Å². The molecule has 0 bridgehead atoms. The van der Waals surface area contributed by atoms with E-state index < -0.39 is 0 Å². The van der Waals surface area contributed by atoms with Crippen molar-refractivity contribution in [1.82, 2.24) is 10.2 Å². The number of hydrogen-bond acceptors (Lipinski definition) is 2. The number of nitrogens with zero attached hydrogens (tertiary/aromatic N) is 1. The molecule has 1 N–H and O–H groups in total. The fraction of sp³-hybridized carbons (Fsp3) is 1.00. The Balaban J connectivity index is 1.74. The van der Waals surface area contributed by atoms with Crippen molar-refractivity contribution in [2.75, 3.05) is 26.2 Å². The molecule has 2 atom stereocenters. The van der Waals surface area contributed by atoms with Crippen molar-refractivity contribution < 1.29 is 0 Å². The Morgan fingerprint density at radius 3 is 2.56 bits per heavy atom. The monoisotopic (exact) mass is 252 g/mol. The molecular weight excluding hydrogens is 220 g/mol. The van der Waals surface area contributed by atoms with Crippen molar-refractivity contribution in [2.45, 2.75) is 65.3 Å². The van der Waals surface area contributed by atoms with E-state index in [1.807, 2.05) is 0 Å². The van der Waals surface area contributed by atoms with Crippen LogP contribution in [-0.4, -0.2) is 37.1 Å². The van der Waals surface area contributed by atoms with Crippen LogP contribution in [0.1, 0.15) is 59.3 Å². The van der Waals surface area contributed by atoms with Crippen LogP contribution in [0.3, 0.4) is 0 Å². The van der Waals surface area contributed by atoms with Crippen LogP contribution in [-0.2, 0) is 0 Å². The molecule has 2 rings (SSSR count). The summed E-state index contributed by atoms with van der Waals surface area (Å²) in [5, 5.41) is 3.72. The maximum atomic E-state index is 3.72. The van der Waals surface area contributed by atoms with Crippen LogP contribution in [0.5, 0.6) is 0 Å². The van der Waals surface area contributed by atoms with Gasteiger partial charge in [-0.2, -0.15) is 0 Å². The molecule has 2 heteroatoms. The summed E-state index contributed by atoms with van der Waals surface area (Å²) in [4.78, 5) is 2.75. The Morgan fingerprint density at radius 1 is 1.22 bits per heavy atom. The van der Waals surface area contributed by atoms with Crippen LogP contribution in [0.2, 0.25) is 0 Å². The van der Waals surface area contributed by atoms with E-state index in [0.717, 1.165) is 17.4 Å². The maximum absolute atomic E-state index is 3.72. The lowest BCUT2D eigenvalue weighted by Crippen LogP contribution is -2.49. The summed E-state index contributed by atoms with van der Waals surface area (Å²) in [5.74, 6) is 0.822. The summed E-state index contributed by atoms with van der Waals surface area (Å²) < 4.78 is 0. The van der Waals surface area contributed by atoms with Gasteiger partial charge in [-0.25, -0.2) is 0 Å². The third-order valence-corrected chi connectivity index (χ3v) is 4.94. The number of likely N-dealkylation sites (tertiary alicyclic amines) is 1. The lowest BCUT2D eigenvalue weighted by atomic mass is 9.91. The minimum atomic E-state index is 0.734. The van der Waals surface area contributed by atoms with Crippen molar-refractivity contribution in [3.8, 4) is 0 Å². The average molecular weight is 252 g/mol. The Labute approximate surface area is 114 Å². The quantitative estimate of drug-likeness (QED) is 0.748. The highest BCUT2D eigenvalue weighted by molar-refractivity contribution is 4.96. The molecule has 0 spiro atoms. The van der Waals surface area contributed by atoms with E-state index in [0.29, 0.717) is 0 Å². The second-order valence-corrected chi connectivity index (χ2v) is 6.81. The van der Waals surface area contributed by atoms with Gasteiger partial charge >= 0.3 is 0 Å². The lowest BCUT2D eigenvalue weighted by molar-refractivity contribution is 0.120. The summed E-state index contributed by atoms with van der Waals surface area (Å²) >= 11 is 0. The van der Waals surface area contributed by atoms with E-state index in [1.54, 1.807) is 0 Å². The Kier molecular flexibility index (Phi) is 5.08. The number of piperidine rings is 1. The predicted molar refractivity (Wildman–Crippen MR) is 78.9 cm³/mol. The third kappa shape index (κ3) is 3.71. The molecule has 0 amide bonds. The molecule has 1 aliphatic heterocycles. The molecule has 1 saturated carbocycles. The summed E-state index contributed by atoms with van der Waals surface area (Å²) in [6.07, 6.45) is 8.40.